The second kappa shape index (κ2) is 5.70. The highest BCUT2D eigenvalue weighted by atomic mass is 16.5. The molecular formula is C14H15N3O3. The first-order valence-electron chi connectivity index (χ1n) is 6.35. The van der Waals surface area contributed by atoms with Crippen LogP contribution in [0.5, 0.6) is 0 Å². The van der Waals surface area contributed by atoms with Gasteiger partial charge in [0.05, 0.1) is 6.07 Å². The Labute approximate surface area is 116 Å². The van der Waals surface area contributed by atoms with Crippen LogP contribution in [0, 0.1) is 17.2 Å². The molecule has 0 radical (unpaired) electrons. The summed E-state index contributed by atoms with van der Waals surface area (Å²) in [7, 11) is 0. The molecule has 6 nitrogen and oxygen atoms in total. The van der Waals surface area contributed by atoms with Crippen molar-refractivity contribution in [2.75, 3.05) is 6.61 Å². The molecule has 1 atom stereocenters. The predicted molar refractivity (Wildman–Crippen MR) is 69.4 cm³/mol. The Balaban J connectivity index is 1.84. The Morgan fingerprint density at radius 1 is 1.55 bits per heavy atom. The minimum absolute atomic E-state index is 0.144. The zero-order valence-corrected chi connectivity index (χ0v) is 11.1. The zero-order valence-electron chi connectivity index (χ0n) is 11.1. The van der Waals surface area contributed by atoms with Crippen LogP contribution >= 0.6 is 0 Å². The maximum Gasteiger partial charge on any atom is 0.357 e. The third-order valence-electron chi connectivity index (χ3n) is 3.23. The number of nitrogens with one attached hydrogen (secondary N) is 1. The maximum atomic E-state index is 11.7. The largest absolute Gasteiger partial charge is 0.451 e. The highest BCUT2D eigenvalue weighted by molar-refractivity contribution is 5.89. The van der Waals surface area contributed by atoms with Gasteiger partial charge in [0.1, 0.15) is 11.2 Å². The van der Waals surface area contributed by atoms with Crippen molar-refractivity contribution in [3.63, 3.8) is 0 Å². The fraction of sp³-hybridized carbons (Fsp3) is 0.429. The minimum atomic E-state index is -0.880. The molecule has 20 heavy (non-hydrogen) atoms. The van der Waals surface area contributed by atoms with Gasteiger partial charge in [0.25, 0.3) is 5.91 Å². The van der Waals surface area contributed by atoms with Crippen molar-refractivity contribution in [1.82, 2.24) is 10.3 Å². The number of aromatic nitrogens is 1. The summed E-state index contributed by atoms with van der Waals surface area (Å²) in [6, 6.07) is 6.94. The van der Waals surface area contributed by atoms with Crippen LogP contribution in [0.4, 0.5) is 0 Å². The lowest BCUT2D eigenvalue weighted by Gasteiger charge is -2.22. The third-order valence-corrected chi connectivity index (χ3v) is 3.23. The van der Waals surface area contributed by atoms with Crippen LogP contribution in [0.25, 0.3) is 0 Å². The minimum Gasteiger partial charge on any atom is -0.451 e. The Hall–Kier alpha value is -2.42. The van der Waals surface area contributed by atoms with Gasteiger partial charge in [-0.15, -0.1) is 0 Å². The van der Waals surface area contributed by atoms with Gasteiger partial charge in [0, 0.05) is 6.20 Å². The number of carbonyl (C=O) groups is 2. The average molecular weight is 273 g/mol. The van der Waals surface area contributed by atoms with Crippen LogP contribution in [0.1, 0.15) is 30.3 Å². The number of esters is 1. The third kappa shape index (κ3) is 3.32. The molecular weight excluding hydrogens is 258 g/mol. The SMILES string of the molecule is C[C@@](C#N)(NC(=O)COC(=O)c1ccccn1)C1CC1. The molecule has 104 valence electrons. The van der Waals surface area contributed by atoms with E-state index in [1.54, 1.807) is 19.1 Å². The van der Waals surface area contributed by atoms with E-state index in [0.29, 0.717) is 0 Å². The van der Waals surface area contributed by atoms with E-state index < -0.39 is 24.0 Å². The zero-order chi connectivity index (χ0) is 14.6. The first-order valence-corrected chi connectivity index (χ1v) is 6.35. The molecule has 0 unspecified atom stereocenters. The molecule has 1 saturated carbocycles. The summed E-state index contributed by atoms with van der Waals surface area (Å²) >= 11 is 0. The number of amides is 1. The van der Waals surface area contributed by atoms with Crippen molar-refractivity contribution in [2.45, 2.75) is 25.3 Å². The van der Waals surface area contributed by atoms with Crippen molar-refractivity contribution in [3.05, 3.63) is 30.1 Å². The molecule has 2 rings (SSSR count). The van der Waals surface area contributed by atoms with Gasteiger partial charge in [-0.3, -0.25) is 4.79 Å². The second-order valence-electron chi connectivity index (χ2n) is 4.93. The van der Waals surface area contributed by atoms with E-state index in [-0.39, 0.29) is 11.6 Å². The lowest BCUT2D eigenvalue weighted by molar-refractivity contribution is -0.125. The normalized spacial score (nSPS) is 16.6. The standard InChI is InChI=1S/C14H15N3O3/c1-14(9-15,10-5-6-10)17-12(18)8-20-13(19)11-4-2-3-7-16-11/h2-4,7,10H,5-6,8H2,1H3,(H,17,18)/t14-/m0/s1. The van der Waals surface area contributed by atoms with Crippen LogP contribution < -0.4 is 5.32 Å². The molecule has 1 aromatic rings. The number of nitriles is 1. The van der Waals surface area contributed by atoms with Crippen LogP contribution in [0.3, 0.4) is 0 Å². The van der Waals surface area contributed by atoms with E-state index in [9.17, 15) is 9.59 Å². The second-order valence-corrected chi connectivity index (χ2v) is 4.93. The Bertz CT molecular complexity index is 549. The van der Waals surface area contributed by atoms with E-state index in [1.807, 2.05) is 0 Å². The topological polar surface area (TPSA) is 92.1 Å². The molecule has 0 aromatic carbocycles. The van der Waals surface area contributed by atoms with E-state index in [2.05, 4.69) is 16.4 Å². The van der Waals surface area contributed by atoms with Gasteiger partial charge in [-0.25, -0.2) is 9.78 Å². The molecule has 1 fully saturated rings. The number of ether oxygens (including phenoxy) is 1. The van der Waals surface area contributed by atoms with Gasteiger partial charge in [-0.2, -0.15) is 5.26 Å². The molecule has 1 aliphatic carbocycles. The van der Waals surface area contributed by atoms with Crippen molar-refractivity contribution < 1.29 is 14.3 Å². The summed E-state index contributed by atoms with van der Waals surface area (Å²) in [5, 5.41) is 11.7. The highest BCUT2D eigenvalue weighted by Gasteiger charge is 2.43. The van der Waals surface area contributed by atoms with E-state index in [4.69, 9.17) is 10.00 Å². The molecule has 0 saturated heterocycles. The van der Waals surface area contributed by atoms with E-state index in [0.717, 1.165) is 12.8 Å². The Kier molecular flexibility index (Phi) is 3.99. The fourth-order valence-electron chi connectivity index (χ4n) is 1.90. The summed E-state index contributed by atoms with van der Waals surface area (Å²) < 4.78 is 4.86. The number of carbonyl (C=O) groups excluding carboxylic acids is 2. The van der Waals surface area contributed by atoms with Gasteiger partial charge >= 0.3 is 5.97 Å². The number of pyridine rings is 1. The molecule has 1 amide bonds. The maximum absolute atomic E-state index is 11.7. The predicted octanol–water partition coefficient (Wildman–Crippen LogP) is 1.05. The number of hydrogen-bond acceptors (Lipinski definition) is 5. The van der Waals surface area contributed by atoms with Crippen molar-refractivity contribution >= 4 is 11.9 Å². The van der Waals surface area contributed by atoms with Gasteiger partial charge < -0.3 is 10.1 Å². The average Bonchev–Trinajstić information content (AvgIpc) is 3.30. The Morgan fingerprint density at radius 3 is 2.85 bits per heavy atom. The van der Waals surface area contributed by atoms with Crippen LogP contribution in [0.15, 0.2) is 24.4 Å². The summed E-state index contributed by atoms with van der Waals surface area (Å²) in [6.07, 6.45) is 3.33. The van der Waals surface area contributed by atoms with Crippen LogP contribution in [-0.4, -0.2) is 29.0 Å². The molecule has 1 aromatic heterocycles. The van der Waals surface area contributed by atoms with Gasteiger partial charge in [0.2, 0.25) is 0 Å². The monoisotopic (exact) mass is 273 g/mol. The van der Waals surface area contributed by atoms with Crippen LogP contribution in [-0.2, 0) is 9.53 Å². The molecule has 6 heteroatoms. The quantitative estimate of drug-likeness (QED) is 0.809. The fourth-order valence-corrected chi connectivity index (χ4v) is 1.90. The van der Waals surface area contributed by atoms with Gasteiger partial charge in [-0.05, 0) is 37.8 Å². The summed E-state index contributed by atoms with van der Waals surface area (Å²) in [5.41, 5.74) is -0.736. The van der Waals surface area contributed by atoms with E-state index in [1.165, 1.54) is 12.3 Å². The lowest BCUT2D eigenvalue weighted by Crippen LogP contribution is -2.48. The van der Waals surface area contributed by atoms with Crippen molar-refractivity contribution in [3.8, 4) is 6.07 Å². The Morgan fingerprint density at radius 2 is 2.30 bits per heavy atom. The number of nitrogens with zero attached hydrogens (tertiary/aromatic N) is 2. The van der Waals surface area contributed by atoms with Crippen molar-refractivity contribution in [1.29, 1.82) is 5.26 Å². The summed E-state index contributed by atoms with van der Waals surface area (Å²) in [5.74, 6) is -0.959. The molecule has 0 bridgehead atoms. The lowest BCUT2D eigenvalue weighted by atomic mass is 9.98. The van der Waals surface area contributed by atoms with Crippen molar-refractivity contribution in [2.24, 2.45) is 5.92 Å². The number of rotatable bonds is 5. The van der Waals surface area contributed by atoms with E-state index >= 15 is 0 Å². The highest BCUT2D eigenvalue weighted by Crippen LogP contribution is 2.39. The molecule has 0 spiro atoms. The number of hydrogen-bond donors (Lipinski definition) is 1. The van der Waals surface area contributed by atoms with Crippen LogP contribution in [0.2, 0.25) is 0 Å². The smallest absolute Gasteiger partial charge is 0.357 e. The molecule has 1 heterocycles. The molecule has 1 aliphatic rings. The van der Waals surface area contributed by atoms with Gasteiger partial charge in [-0.1, -0.05) is 6.07 Å². The first kappa shape index (κ1) is 14.0. The molecule has 0 aliphatic heterocycles. The summed E-state index contributed by atoms with van der Waals surface area (Å²) in [6.45, 7) is 1.27. The summed E-state index contributed by atoms with van der Waals surface area (Å²) in [4.78, 5) is 27.2. The molecule has 1 N–H and O–H groups in total. The van der Waals surface area contributed by atoms with Gasteiger partial charge in [0.15, 0.2) is 6.61 Å². The first-order chi connectivity index (χ1) is 9.55.